The standard InChI is InChI=1S/C12H21N/c13-12-9-5-4-8-11(12)10-6-2-1-3-7-10/h6,11-12H,1-5,7-9,13H2/t11?,12-/m1/s1. The van der Waals surface area contributed by atoms with Gasteiger partial charge in [0.15, 0.2) is 0 Å². The Hall–Kier alpha value is -0.300. The maximum absolute atomic E-state index is 6.17. The molecule has 1 heteroatoms. The Bertz CT molecular complexity index is 195. The zero-order chi connectivity index (χ0) is 9.10. The van der Waals surface area contributed by atoms with Crippen LogP contribution in [0.1, 0.15) is 51.4 Å². The van der Waals surface area contributed by atoms with Crippen molar-refractivity contribution in [3.05, 3.63) is 11.6 Å². The molecule has 1 fully saturated rings. The van der Waals surface area contributed by atoms with Crippen LogP contribution in [0, 0.1) is 5.92 Å². The highest BCUT2D eigenvalue weighted by Gasteiger charge is 2.25. The molecule has 0 aromatic heterocycles. The molecule has 1 nitrogen and oxygen atoms in total. The number of hydrogen-bond acceptors (Lipinski definition) is 1. The van der Waals surface area contributed by atoms with E-state index in [2.05, 4.69) is 6.08 Å². The van der Waals surface area contributed by atoms with Crippen LogP contribution >= 0.6 is 0 Å². The predicted molar refractivity (Wildman–Crippen MR) is 56.5 cm³/mol. The second-order valence-corrected chi connectivity index (χ2v) is 4.58. The summed E-state index contributed by atoms with van der Waals surface area (Å²) >= 11 is 0. The third-order valence-electron chi connectivity index (χ3n) is 3.62. The zero-order valence-corrected chi connectivity index (χ0v) is 8.47. The van der Waals surface area contributed by atoms with Crippen LogP contribution in [-0.4, -0.2) is 6.04 Å². The third kappa shape index (κ3) is 2.14. The van der Waals surface area contributed by atoms with Gasteiger partial charge in [-0.15, -0.1) is 0 Å². The van der Waals surface area contributed by atoms with Crippen molar-refractivity contribution >= 4 is 0 Å². The van der Waals surface area contributed by atoms with Crippen LogP contribution < -0.4 is 5.73 Å². The molecule has 2 aliphatic carbocycles. The molecule has 0 aliphatic heterocycles. The van der Waals surface area contributed by atoms with Crippen molar-refractivity contribution in [3.63, 3.8) is 0 Å². The van der Waals surface area contributed by atoms with Crippen molar-refractivity contribution in [1.82, 2.24) is 0 Å². The molecule has 0 heterocycles. The number of rotatable bonds is 1. The van der Waals surface area contributed by atoms with Gasteiger partial charge in [-0.1, -0.05) is 24.5 Å². The molecule has 2 atom stereocenters. The van der Waals surface area contributed by atoms with Crippen molar-refractivity contribution in [3.8, 4) is 0 Å². The van der Waals surface area contributed by atoms with Gasteiger partial charge >= 0.3 is 0 Å². The summed E-state index contributed by atoms with van der Waals surface area (Å²) in [6.07, 6.45) is 13.3. The predicted octanol–water partition coefficient (Wildman–Crippen LogP) is 3.00. The van der Waals surface area contributed by atoms with E-state index >= 15 is 0 Å². The molecule has 0 bridgehead atoms. The number of allylic oxidation sites excluding steroid dienone is 1. The van der Waals surface area contributed by atoms with Gasteiger partial charge in [-0.25, -0.2) is 0 Å². The number of hydrogen-bond donors (Lipinski definition) is 1. The topological polar surface area (TPSA) is 26.0 Å². The van der Waals surface area contributed by atoms with Gasteiger partial charge in [-0.3, -0.25) is 0 Å². The highest BCUT2D eigenvalue weighted by molar-refractivity contribution is 5.12. The largest absolute Gasteiger partial charge is 0.327 e. The van der Waals surface area contributed by atoms with Crippen LogP contribution in [0.25, 0.3) is 0 Å². The maximum atomic E-state index is 6.17. The van der Waals surface area contributed by atoms with Crippen LogP contribution in [0.3, 0.4) is 0 Å². The van der Waals surface area contributed by atoms with E-state index in [0.717, 1.165) is 5.92 Å². The van der Waals surface area contributed by atoms with E-state index in [0.29, 0.717) is 6.04 Å². The molecule has 0 aromatic carbocycles. The van der Waals surface area contributed by atoms with E-state index in [9.17, 15) is 0 Å². The quantitative estimate of drug-likeness (QED) is 0.615. The highest BCUT2D eigenvalue weighted by atomic mass is 14.7. The van der Waals surface area contributed by atoms with Crippen molar-refractivity contribution in [2.75, 3.05) is 0 Å². The molecule has 2 N–H and O–H groups in total. The van der Waals surface area contributed by atoms with Crippen LogP contribution in [0.5, 0.6) is 0 Å². The van der Waals surface area contributed by atoms with Gasteiger partial charge in [0.05, 0.1) is 0 Å². The minimum Gasteiger partial charge on any atom is -0.327 e. The average molecular weight is 179 g/mol. The Morgan fingerprint density at radius 3 is 2.62 bits per heavy atom. The molecule has 0 radical (unpaired) electrons. The smallest absolute Gasteiger partial charge is 0.0105 e. The summed E-state index contributed by atoms with van der Waals surface area (Å²) in [5.41, 5.74) is 7.86. The molecule has 13 heavy (non-hydrogen) atoms. The Morgan fingerprint density at radius 2 is 1.92 bits per heavy atom. The minimum absolute atomic E-state index is 0.470. The zero-order valence-electron chi connectivity index (χ0n) is 8.47. The molecule has 0 aromatic rings. The average Bonchev–Trinajstić information content (AvgIpc) is 2.20. The Kier molecular flexibility index (Phi) is 3.05. The van der Waals surface area contributed by atoms with Gasteiger partial charge in [-0.05, 0) is 44.4 Å². The van der Waals surface area contributed by atoms with E-state index in [1.54, 1.807) is 5.57 Å². The van der Waals surface area contributed by atoms with Crippen molar-refractivity contribution in [1.29, 1.82) is 0 Å². The first kappa shape index (κ1) is 9.26. The summed E-state index contributed by atoms with van der Waals surface area (Å²) in [7, 11) is 0. The Labute approximate surface area is 81.4 Å². The summed E-state index contributed by atoms with van der Waals surface area (Å²) < 4.78 is 0. The molecule has 2 aliphatic rings. The second-order valence-electron chi connectivity index (χ2n) is 4.58. The number of nitrogens with two attached hydrogens (primary N) is 1. The van der Waals surface area contributed by atoms with Crippen molar-refractivity contribution < 1.29 is 0 Å². The van der Waals surface area contributed by atoms with Crippen LogP contribution in [-0.2, 0) is 0 Å². The summed E-state index contributed by atoms with van der Waals surface area (Å²) in [5.74, 6) is 0.744. The van der Waals surface area contributed by atoms with Gasteiger partial charge in [0.2, 0.25) is 0 Å². The fraction of sp³-hybridized carbons (Fsp3) is 0.833. The van der Waals surface area contributed by atoms with Crippen LogP contribution in [0.4, 0.5) is 0 Å². The molecule has 1 unspecified atom stereocenters. The molecular formula is C12H21N. The molecule has 0 amide bonds. The first-order valence-electron chi connectivity index (χ1n) is 5.82. The van der Waals surface area contributed by atoms with E-state index in [-0.39, 0.29) is 0 Å². The van der Waals surface area contributed by atoms with Gasteiger partial charge in [0.1, 0.15) is 0 Å². The molecule has 0 saturated heterocycles. The van der Waals surface area contributed by atoms with Gasteiger partial charge in [0, 0.05) is 6.04 Å². The van der Waals surface area contributed by atoms with E-state index in [1.165, 1.54) is 51.4 Å². The van der Waals surface area contributed by atoms with Gasteiger partial charge in [-0.2, -0.15) is 0 Å². The van der Waals surface area contributed by atoms with E-state index in [1.807, 2.05) is 0 Å². The lowest BCUT2D eigenvalue weighted by atomic mass is 9.77. The van der Waals surface area contributed by atoms with E-state index in [4.69, 9.17) is 5.73 Å². The summed E-state index contributed by atoms with van der Waals surface area (Å²) in [6, 6.07) is 0.470. The highest BCUT2D eigenvalue weighted by Crippen LogP contribution is 2.33. The summed E-state index contributed by atoms with van der Waals surface area (Å²) in [5, 5.41) is 0. The Morgan fingerprint density at radius 1 is 1.08 bits per heavy atom. The molecule has 0 spiro atoms. The lowest BCUT2D eigenvalue weighted by molar-refractivity contribution is 0.336. The monoisotopic (exact) mass is 179 g/mol. The first-order chi connectivity index (χ1) is 6.38. The van der Waals surface area contributed by atoms with Crippen LogP contribution in [0.2, 0.25) is 0 Å². The lowest BCUT2D eigenvalue weighted by Crippen LogP contribution is -2.34. The summed E-state index contributed by atoms with van der Waals surface area (Å²) in [6.45, 7) is 0. The Balaban J connectivity index is 2.00. The minimum atomic E-state index is 0.470. The molecule has 1 saturated carbocycles. The summed E-state index contributed by atoms with van der Waals surface area (Å²) in [4.78, 5) is 0. The molecule has 2 rings (SSSR count). The third-order valence-corrected chi connectivity index (χ3v) is 3.62. The SMILES string of the molecule is N[C@@H]1CCCCC1C1=CCCCC1. The second kappa shape index (κ2) is 4.28. The fourth-order valence-electron chi connectivity index (χ4n) is 2.82. The first-order valence-corrected chi connectivity index (χ1v) is 5.82. The lowest BCUT2D eigenvalue weighted by Gasteiger charge is -2.32. The van der Waals surface area contributed by atoms with Crippen molar-refractivity contribution in [2.45, 2.75) is 57.4 Å². The van der Waals surface area contributed by atoms with Crippen molar-refractivity contribution in [2.24, 2.45) is 11.7 Å². The van der Waals surface area contributed by atoms with Gasteiger partial charge < -0.3 is 5.73 Å². The fourth-order valence-corrected chi connectivity index (χ4v) is 2.82. The van der Waals surface area contributed by atoms with E-state index < -0.39 is 0 Å². The van der Waals surface area contributed by atoms with Crippen LogP contribution in [0.15, 0.2) is 11.6 Å². The molecule has 74 valence electrons. The maximum Gasteiger partial charge on any atom is 0.0105 e. The van der Waals surface area contributed by atoms with Gasteiger partial charge in [0.25, 0.3) is 0 Å². The molecular weight excluding hydrogens is 158 g/mol. The normalized spacial score (nSPS) is 35.6.